The molecule has 1 heterocycles. The molecule has 0 fully saturated rings. The standard InChI is InChI=1S/C13H8ClN3O/c14-9-3-1-4-10(7-9)17-13(18)12-6-2-5-11(8-15)16-12/h1-7H,(H,17,18). The van der Waals surface area contributed by atoms with E-state index in [0.29, 0.717) is 10.7 Å². The molecule has 18 heavy (non-hydrogen) atoms. The minimum Gasteiger partial charge on any atom is -0.321 e. The van der Waals surface area contributed by atoms with Crippen LogP contribution in [0.2, 0.25) is 5.02 Å². The number of hydrogen-bond acceptors (Lipinski definition) is 3. The molecule has 1 aromatic carbocycles. The van der Waals surface area contributed by atoms with Gasteiger partial charge in [-0.25, -0.2) is 4.98 Å². The van der Waals surface area contributed by atoms with E-state index in [9.17, 15) is 4.79 Å². The smallest absolute Gasteiger partial charge is 0.274 e. The predicted molar refractivity (Wildman–Crippen MR) is 68.4 cm³/mol. The number of nitriles is 1. The fraction of sp³-hybridized carbons (Fsp3) is 0. The van der Waals surface area contributed by atoms with Gasteiger partial charge in [0.05, 0.1) is 0 Å². The summed E-state index contributed by atoms with van der Waals surface area (Å²) in [6, 6.07) is 13.4. The zero-order valence-corrected chi connectivity index (χ0v) is 9.98. The summed E-state index contributed by atoms with van der Waals surface area (Å²) < 4.78 is 0. The highest BCUT2D eigenvalue weighted by Crippen LogP contribution is 2.15. The number of nitrogens with zero attached hydrogens (tertiary/aromatic N) is 2. The first-order valence-corrected chi connectivity index (χ1v) is 5.51. The molecule has 2 rings (SSSR count). The highest BCUT2D eigenvalue weighted by atomic mass is 35.5. The molecular weight excluding hydrogens is 250 g/mol. The van der Waals surface area contributed by atoms with Crippen molar-refractivity contribution in [1.82, 2.24) is 4.98 Å². The van der Waals surface area contributed by atoms with Crippen LogP contribution in [0.4, 0.5) is 5.69 Å². The van der Waals surface area contributed by atoms with Crippen LogP contribution in [0.15, 0.2) is 42.5 Å². The summed E-state index contributed by atoms with van der Waals surface area (Å²) in [5, 5.41) is 11.9. The van der Waals surface area contributed by atoms with Gasteiger partial charge in [0.15, 0.2) is 0 Å². The molecule has 0 saturated carbocycles. The van der Waals surface area contributed by atoms with Gasteiger partial charge in [-0.05, 0) is 30.3 Å². The second kappa shape index (κ2) is 5.30. The minimum absolute atomic E-state index is 0.189. The molecule has 1 N–H and O–H groups in total. The van der Waals surface area contributed by atoms with Crippen LogP contribution < -0.4 is 5.32 Å². The summed E-state index contributed by atoms with van der Waals surface area (Å²) in [6.07, 6.45) is 0. The largest absolute Gasteiger partial charge is 0.321 e. The Morgan fingerprint density at radius 3 is 2.78 bits per heavy atom. The molecular formula is C13H8ClN3O. The van der Waals surface area contributed by atoms with E-state index in [1.165, 1.54) is 6.07 Å². The molecule has 2 aromatic rings. The number of nitrogens with one attached hydrogen (secondary N) is 1. The Morgan fingerprint density at radius 2 is 2.06 bits per heavy atom. The van der Waals surface area contributed by atoms with Gasteiger partial charge in [0.1, 0.15) is 17.5 Å². The Hall–Kier alpha value is -2.38. The lowest BCUT2D eigenvalue weighted by Gasteiger charge is -2.04. The second-order valence-corrected chi connectivity index (χ2v) is 3.92. The summed E-state index contributed by atoms with van der Waals surface area (Å²) >= 11 is 5.81. The van der Waals surface area contributed by atoms with E-state index in [0.717, 1.165) is 0 Å². The third-order valence-electron chi connectivity index (χ3n) is 2.18. The van der Waals surface area contributed by atoms with Crippen LogP contribution >= 0.6 is 11.6 Å². The normalized spacial score (nSPS) is 9.56. The van der Waals surface area contributed by atoms with Crippen molar-refractivity contribution in [2.45, 2.75) is 0 Å². The number of anilines is 1. The molecule has 0 bridgehead atoms. The first-order chi connectivity index (χ1) is 8.69. The maximum atomic E-state index is 11.9. The Kier molecular flexibility index (Phi) is 3.56. The minimum atomic E-state index is -0.380. The summed E-state index contributed by atoms with van der Waals surface area (Å²) in [4.78, 5) is 15.8. The van der Waals surface area contributed by atoms with Crippen LogP contribution in [0.1, 0.15) is 16.2 Å². The van der Waals surface area contributed by atoms with Crippen molar-refractivity contribution in [3.8, 4) is 6.07 Å². The Morgan fingerprint density at radius 1 is 1.28 bits per heavy atom. The van der Waals surface area contributed by atoms with Gasteiger partial charge in [-0.2, -0.15) is 5.26 Å². The molecule has 0 aliphatic rings. The van der Waals surface area contributed by atoms with Crippen molar-refractivity contribution >= 4 is 23.2 Å². The van der Waals surface area contributed by atoms with Crippen LogP contribution in [-0.2, 0) is 0 Å². The third kappa shape index (κ3) is 2.84. The quantitative estimate of drug-likeness (QED) is 0.900. The molecule has 0 radical (unpaired) electrons. The molecule has 88 valence electrons. The van der Waals surface area contributed by atoms with E-state index < -0.39 is 0 Å². The molecule has 1 aromatic heterocycles. The van der Waals surface area contributed by atoms with E-state index in [1.807, 2.05) is 6.07 Å². The number of aromatic nitrogens is 1. The lowest BCUT2D eigenvalue weighted by Crippen LogP contribution is -2.13. The van der Waals surface area contributed by atoms with Crippen molar-refractivity contribution in [2.75, 3.05) is 5.32 Å². The fourth-order valence-electron chi connectivity index (χ4n) is 1.38. The summed E-state index contributed by atoms with van der Waals surface area (Å²) in [7, 11) is 0. The van der Waals surface area contributed by atoms with Crippen molar-refractivity contribution in [1.29, 1.82) is 5.26 Å². The van der Waals surface area contributed by atoms with Crippen molar-refractivity contribution in [3.05, 3.63) is 58.9 Å². The monoisotopic (exact) mass is 257 g/mol. The number of carbonyl (C=O) groups excluding carboxylic acids is 1. The van der Waals surface area contributed by atoms with Gasteiger partial charge in [0.25, 0.3) is 5.91 Å². The average Bonchev–Trinajstić information content (AvgIpc) is 2.39. The van der Waals surface area contributed by atoms with E-state index in [2.05, 4.69) is 10.3 Å². The number of rotatable bonds is 2. The van der Waals surface area contributed by atoms with E-state index in [1.54, 1.807) is 36.4 Å². The first kappa shape index (κ1) is 12.1. The maximum absolute atomic E-state index is 11.9. The summed E-state index contributed by atoms with van der Waals surface area (Å²) in [5.41, 5.74) is 0.972. The van der Waals surface area contributed by atoms with E-state index >= 15 is 0 Å². The Balaban J connectivity index is 2.20. The first-order valence-electron chi connectivity index (χ1n) is 5.13. The SMILES string of the molecule is N#Cc1cccc(C(=O)Nc2cccc(Cl)c2)n1. The molecule has 0 atom stereocenters. The number of halogens is 1. The Bertz CT molecular complexity index is 634. The van der Waals surface area contributed by atoms with Gasteiger partial charge < -0.3 is 5.32 Å². The highest BCUT2D eigenvalue weighted by molar-refractivity contribution is 6.30. The predicted octanol–water partition coefficient (Wildman–Crippen LogP) is 2.86. The molecule has 1 amide bonds. The summed E-state index contributed by atoms with van der Waals surface area (Å²) in [5.74, 6) is -0.380. The zero-order valence-electron chi connectivity index (χ0n) is 9.22. The molecule has 0 spiro atoms. The Labute approximate surface area is 109 Å². The highest BCUT2D eigenvalue weighted by Gasteiger charge is 2.08. The molecule has 0 aliphatic heterocycles. The third-order valence-corrected chi connectivity index (χ3v) is 2.41. The van der Waals surface area contributed by atoms with Crippen LogP contribution in [0, 0.1) is 11.3 Å². The van der Waals surface area contributed by atoms with Crippen LogP contribution in [0.25, 0.3) is 0 Å². The summed E-state index contributed by atoms with van der Waals surface area (Å²) in [6.45, 7) is 0. The molecule has 0 unspecified atom stereocenters. The lowest BCUT2D eigenvalue weighted by atomic mass is 10.2. The van der Waals surface area contributed by atoms with Crippen LogP contribution in [0.3, 0.4) is 0 Å². The fourth-order valence-corrected chi connectivity index (χ4v) is 1.58. The molecule has 0 aliphatic carbocycles. The lowest BCUT2D eigenvalue weighted by molar-refractivity contribution is 0.102. The maximum Gasteiger partial charge on any atom is 0.274 e. The van der Waals surface area contributed by atoms with E-state index in [-0.39, 0.29) is 17.3 Å². The van der Waals surface area contributed by atoms with Gasteiger partial charge in [-0.1, -0.05) is 23.7 Å². The second-order valence-electron chi connectivity index (χ2n) is 3.48. The number of hydrogen-bond donors (Lipinski definition) is 1. The van der Waals surface area contributed by atoms with Crippen LogP contribution in [-0.4, -0.2) is 10.9 Å². The van der Waals surface area contributed by atoms with Gasteiger partial charge in [0.2, 0.25) is 0 Å². The van der Waals surface area contributed by atoms with Crippen molar-refractivity contribution in [3.63, 3.8) is 0 Å². The number of benzene rings is 1. The topological polar surface area (TPSA) is 65.8 Å². The van der Waals surface area contributed by atoms with Crippen molar-refractivity contribution in [2.24, 2.45) is 0 Å². The van der Waals surface area contributed by atoms with Crippen LogP contribution in [0.5, 0.6) is 0 Å². The zero-order chi connectivity index (χ0) is 13.0. The molecule has 5 heteroatoms. The number of pyridine rings is 1. The van der Waals surface area contributed by atoms with Gasteiger partial charge in [-0.3, -0.25) is 4.79 Å². The number of carbonyl (C=O) groups is 1. The molecule has 0 saturated heterocycles. The van der Waals surface area contributed by atoms with E-state index in [4.69, 9.17) is 16.9 Å². The average molecular weight is 258 g/mol. The van der Waals surface area contributed by atoms with Crippen molar-refractivity contribution < 1.29 is 4.79 Å². The molecule has 4 nitrogen and oxygen atoms in total. The van der Waals surface area contributed by atoms with Gasteiger partial charge in [-0.15, -0.1) is 0 Å². The van der Waals surface area contributed by atoms with Gasteiger partial charge >= 0.3 is 0 Å². The number of amides is 1. The van der Waals surface area contributed by atoms with Gasteiger partial charge in [0, 0.05) is 10.7 Å².